The van der Waals surface area contributed by atoms with Crippen LogP contribution in [0.15, 0.2) is 11.0 Å². The maximum absolute atomic E-state index is 12.1. The van der Waals surface area contributed by atoms with Crippen molar-refractivity contribution >= 4 is 17.0 Å². The van der Waals surface area contributed by atoms with Crippen LogP contribution in [-0.2, 0) is 5.54 Å². The van der Waals surface area contributed by atoms with Gasteiger partial charge in [0.2, 0.25) is 5.95 Å². The molecule has 0 aliphatic heterocycles. The van der Waals surface area contributed by atoms with Gasteiger partial charge in [-0.25, -0.2) is 4.68 Å². The van der Waals surface area contributed by atoms with E-state index in [1.165, 1.54) is 0 Å². The van der Waals surface area contributed by atoms with Crippen LogP contribution in [-0.4, -0.2) is 37.5 Å². The summed E-state index contributed by atoms with van der Waals surface area (Å²) in [7, 11) is 0. The summed E-state index contributed by atoms with van der Waals surface area (Å²) in [6, 6.07) is 0.0709. The van der Waals surface area contributed by atoms with Crippen LogP contribution in [0.1, 0.15) is 40.5 Å². The normalized spacial score (nSPS) is 13.6. The van der Waals surface area contributed by atoms with Gasteiger partial charge in [0.15, 0.2) is 5.65 Å². The van der Waals surface area contributed by atoms with Gasteiger partial charge in [0.05, 0.1) is 11.7 Å². The van der Waals surface area contributed by atoms with Crippen molar-refractivity contribution in [2.24, 2.45) is 0 Å². The Hall–Kier alpha value is -1.89. The van der Waals surface area contributed by atoms with E-state index in [9.17, 15) is 4.79 Å². The fourth-order valence-corrected chi connectivity index (χ4v) is 2.21. The van der Waals surface area contributed by atoms with Gasteiger partial charge in [-0.1, -0.05) is 6.92 Å². The van der Waals surface area contributed by atoms with Gasteiger partial charge in [-0.2, -0.15) is 10.1 Å². The van der Waals surface area contributed by atoms with Crippen molar-refractivity contribution < 1.29 is 5.11 Å². The second-order valence-electron chi connectivity index (χ2n) is 6.14. The Morgan fingerprint density at radius 1 is 1.48 bits per heavy atom. The Kier molecular flexibility index (Phi) is 4.32. The third-order valence-electron chi connectivity index (χ3n) is 3.38. The van der Waals surface area contributed by atoms with Gasteiger partial charge < -0.3 is 10.4 Å². The van der Waals surface area contributed by atoms with E-state index in [0.717, 1.165) is 6.42 Å². The van der Waals surface area contributed by atoms with E-state index in [2.05, 4.69) is 20.4 Å². The second-order valence-corrected chi connectivity index (χ2v) is 6.14. The molecule has 0 spiro atoms. The number of aliphatic hydroxyl groups is 1. The van der Waals surface area contributed by atoms with Crippen molar-refractivity contribution in [1.82, 2.24) is 19.7 Å². The highest BCUT2D eigenvalue weighted by atomic mass is 16.3. The van der Waals surface area contributed by atoms with Crippen molar-refractivity contribution in [3.8, 4) is 0 Å². The monoisotopic (exact) mass is 293 g/mol. The third-order valence-corrected chi connectivity index (χ3v) is 3.38. The molecule has 0 saturated carbocycles. The Morgan fingerprint density at radius 3 is 2.76 bits per heavy atom. The van der Waals surface area contributed by atoms with Crippen LogP contribution < -0.4 is 10.9 Å². The average Bonchev–Trinajstić information content (AvgIpc) is 2.82. The number of fused-ring (bicyclic) bond motifs is 1. The third kappa shape index (κ3) is 3.24. The summed E-state index contributed by atoms with van der Waals surface area (Å²) in [6.45, 7) is 8.14. The molecule has 0 bridgehead atoms. The fourth-order valence-electron chi connectivity index (χ4n) is 2.21. The summed E-state index contributed by atoms with van der Waals surface area (Å²) in [5.41, 5.74) is 0.0965. The Morgan fingerprint density at radius 2 is 2.19 bits per heavy atom. The highest BCUT2D eigenvalue weighted by Crippen LogP contribution is 2.19. The van der Waals surface area contributed by atoms with Crippen molar-refractivity contribution in [3.63, 3.8) is 0 Å². The lowest BCUT2D eigenvalue weighted by molar-refractivity contribution is 0.278. The number of anilines is 1. The lowest BCUT2D eigenvalue weighted by atomic mass is 10.1. The molecule has 2 heterocycles. The van der Waals surface area contributed by atoms with Crippen molar-refractivity contribution in [3.05, 3.63) is 16.6 Å². The minimum absolute atomic E-state index is 0.0709. The number of hydrogen-bond donors (Lipinski definition) is 3. The van der Waals surface area contributed by atoms with E-state index < -0.39 is 0 Å². The number of H-pyrrole nitrogens is 1. The standard InChI is InChI=1S/C14H23N5O2/c1-5-9(6-7-20)16-13-17-11-10(12(21)18-13)8-15-19(11)14(2,3)4/h8-9,20H,5-7H2,1-4H3,(H2,16,17,18,21). The van der Waals surface area contributed by atoms with Gasteiger partial charge in [-0.3, -0.25) is 9.78 Å². The zero-order valence-corrected chi connectivity index (χ0v) is 13.0. The summed E-state index contributed by atoms with van der Waals surface area (Å²) in [4.78, 5) is 19.3. The Labute approximate surface area is 123 Å². The molecule has 116 valence electrons. The van der Waals surface area contributed by atoms with Crippen molar-refractivity contribution in [1.29, 1.82) is 0 Å². The van der Waals surface area contributed by atoms with Gasteiger partial charge in [-0.05, 0) is 33.6 Å². The largest absolute Gasteiger partial charge is 0.396 e. The molecule has 0 saturated heterocycles. The zero-order valence-electron chi connectivity index (χ0n) is 13.0. The minimum Gasteiger partial charge on any atom is -0.396 e. The number of aromatic nitrogens is 4. The number of aromatic amines is 1. The first kappa shape index (κ1) is 15.5. The molecule has 0 fully saturated rings. The van der Waals surface area contributed by atoms with Gasteiger partial charge in [0, 0.05) is 12.6 Å². The molecule has 21 heavy (non-hydrogen) atoms. The first-order valence-corrected chi connectivity index (χ1v) is 7.22. The van der Waals surface area contributed by atoms with Gasteiger partial charge >= 0.3 is 0 Å². The van der Waals surface area contributed by atoms with Crippen LogP contribution in [0.5, 0.6) is 0 Å². The number of hydrogen-bond acceptors (Lipinski definition) is 5. The topological polar surface area (TPSA) is 95.8 Å². The summed E-state index contributed by atoms with van der Waals surface area (Å²) in [6.07, 6.45) is 2.98. The molecule has 2 rings (SSSR count). The van der Waals surface area contributed by atoms with E-state index in [1.807, 2.05) is 27.7 Å². The van der Waals surface area contributed by atoms with Crippen LogP contribution in [0.3, 0.4) is 0 Å². The van der Waals surface area contributed by atoms with Gasteiger partial charge in [0.1, 0.15) is 5.39 Å². The van der Waals surface area contributed by atoms with Crippen molar-refractivity contribution in [2.75, 3.05) is 11.9 Å². The van der Waals surface area contributed by atoms with E-state index in [4.69, 9.17) is 5.11 Å². The molecule has 7 heteroatoms. The van der Waals surface area contributed by atoms with Gasteiger partial charge in [0.25, 0.3) is 5.56 Å². The van der Waals surface area contributed by atoms with Crippen LogP contribution in [0.2, 0.25) is 0 Å². The fraction of sp³-hybridized carbons (Fsp3) is 0.643. The molecule has 1 unspecified atom stereocenters. The molecule has 0 aliphatic carbocycles. The van der Waals surface area contributed by atoms with E-state index in [1.54, 1.807) is 10.9 Å². The first-order chi connectivity index (χ1) is 9.86. The van der Waals surface area contributed by atoms with Crippen LogP contribution in [0.25, 0.3) is 11.0 Å². The molecule has 0 radical (unpaired) electrons. The maximum atomic E-state index is 12.1. The lowest BCUT2D eigenvalue weighted by Gasteiger charge is -2.20. The predicted molar refractivity (Wildman–Crippen MR) is 82.5 cm³/mol. The molecule has 0 aliphatic rings. The Balaban J connectivity index is 2.45. The van der Waals surface area contributed by atoms with E-state index in [-0.39, 0.29) is 23.7 Å². The number of rotatable bonds is 5. The van der Waals surface area contributed by atoms with E-state index in [0.29, 0.717) is 23.4 Å². The number of nitrogens with one attached hydrogen (secondary N) is 2. The highest BCUT2D eigenvalue weighted by Gasteiger charge is 2.20. The molecule has 3 N–H and O–H groups in total. The molecule has 2 aromatic rings. The molecule has 0 amide bonds. The summed E-state index contributed by atoms with van der Waals surface area (Å²) in [5.74, 6) is 0.416. The smallest absolute Gasteiger partial charge is 0.263 e. The lowest BCUT2D eigenvalue weighted by Crippen LogP contribution is -2.26. The molecular formula is C14H23N5O2. The molecule has 2 aromatic heterocycles. The van der Waals surface area contributed by atoms with Crippen LogP contribution in [0, 0.1) is 0 Å². The Bertz CT molecular complexity index is 668. The molecular weight excluding hydrogens is 270 g/mol. The molecule has 1 atom stereocenters. The van der Waals surface area contributed by atoms with Gasteiger partial charge in [-0.15, -0.1) is 0 Å². The maximum Gasteiger partial charge on any atom is 0.263 e. The predicted octanol–water partition coefficient (Wildman–Crippen LogP) is 1.45. The van der Waals surface area contributed by atoms with Crippen LogP contribution >= 0.6 is 0 Å². The van der Waals surface area contributed by atoms with E-state index >= 15 is 0 Å². The summed E-state index contributed by atoms with van der Waals surface area (Å²) >= 11 is 0. The second kappa shape index (κ2) is 5.85. The zero-order chi connectivity index (χ0) is 15.6. The quantitative estimate of drug-likeness (QED) is 0.775. The highest BCUT2D eigenvalue weighted by molar-refractivity contribution is 5.74. The van der Waals surface area contributed by atoms with Crippen LogP contribution in [0.4, 0.5) is 5.95 Å². The number of nitrogens with zero attached hydrogens (tertiary/aromatic N) is 3. The number of aliphatic hydroxyl groups excluding tert-OH is 1. The van der Waals surface area contributed by atoms with Crippen molar-refractivity contribution in [2.45, 2.75) is 52.1 Å². The summed E-state index contributed by atoms with van der Waals surface area (Å²) in [5, 5.41) is 17.0. The first-order valence-electron chi connectivity index (χ1n) is 7.22. The SMILES string of the molecule is CCC(CCO)Nc1nc2c(cnn2C(C)(C)C)c(=O)[nH]1. The molecule has 7 nitrogen and oxygen atoms in total. The average molecular weight is 293 g/mol. The summed E-state index contributed by atoms with van der Waals surface area (Å²) < 4.78 is 1.75. The molecule has 0 aromatic carbocycles. The minimum atomic E-state index is -0.255.